The number of aromatic nitrogens is 2. The fraction of sp³-hybridized carbons (Fsp3) is 0.211. The molecule has 3 aromatic rings. The molecule has 0 fully saturated rings. The summed E-state index contributed by atoms with van der Waals surface area (Å²) in [5.74, 6) is -3.90. The lowest BCUT2D eigenvalue weighted by Gasteiger charge is -2.14. The van der Waals surface area contributed by atoms with Gasteiger partial charge in [-0.05, 0) is 24.6 Å². The van der Waals surface area contributed by atoms with Crippen LogP contribution >= 0.6 is 0 Å². The number of benzene rings is 2. The second-order valence-corrected chi connectivity index (χ2v) is 8.82. The Morgan fingerprint density at radius 1 is 0.939 bits per heavy atom. The van der Waals surface area contributed by atoms with Gasteiger partial charge >= 0.3 is 12.5 Å². The van der Waals surface area contributed by atoms with Crippen molar-refractivity contribution in [3.63, 3.8) is 0 Å². The molecule has 0 aliphatic carbocycles. The second-order valence-electron chi connectivity index (χ2n) is 6.86. The van der Waals surface area contributed by atoms with E-state index in [1.165, 1.54) is 6.92 Å². The van der Waals surface area contributed by atoms with E-state index in [2.05, 4.69) is 9.84 Å². The van der Waals surface area contributed by atoms with Crippen LogP contribution in [-0.2, 0) is 16.0 Å². The topological polar surface area (TPSA) is 61.2 Å². The Balaban J connectivity index is 2.26. The van der Waals surface area contributed by atoms with Crippen molar-refractivity contribution in [2.75, 3.05) is 6.26 Å². The van der Waals surface area contributed by atoms with Crippen molar-refractivity contribution in [3.05, 3.63) is 59.3 Å². The van der Waals surface area contributed by atoms with Gasteiger partial charge in [-0.3, -0.25) is 0 Å². The lowest BCUT2D eigenvalue weighted by molar-refractivity contribution is -0.274. The molecule has 0 bridgehead atoms. The molecule has 0 unspecified atom stereocenters. The zero-order valence-corrected chi connectivity index (χ0v) is 17.3. The second kappa shape index (κ2) is 8.01. The molecule has 0 amide bonds. The van der Waals surface area contributed by atoms with Gasteiger partial charge in [0.15, 0.2) is 15.5 Å². The molecule has 0 atom stereocenters. The van der Waals surface area contributed by atoms with Crippen LogP contribution in [0.5, 0.6) is 5.75 Å². The normalized spacial score (nSPS) is 12.8. The Morgan fingerprint density at radius 2 is 1.52 bits per heavy atom. The van der Waals surface area contributed by atoms with Gasteiger partial charge in [-0.15, -0.1) is 13.2 Å². The van der Waals surface area contributed by atoms with Gasteiger partial charge in [0.05, 0.1) is 11.4 Å². The summed E-state index contributed by atoms with van der Waals surface area (Å²) in [5.41, 5.74) is -2.88. The highest BCUT2D eigenvalue weighted by Gasteiger charge is 2.36. The monoisotopic (exact) mass is 500 g/mol. The van der Waals surface area contributed by atoms with Gasteiger partial charge in [0.2, 0.25) is 0 Å². The largest absolute Gasteiger partial charge is 0.573 e. The Hall–Kier alpha value is -3.16. The third-order valence-electron chi connectivity index (χ3n) is 4.31. The van der Waals surface area contributed by atoms with E-state index < -0.39 is 61.7 Å². The van der Waals surface area contributed by atoms with E-state index in [1.54, 1.807) is 0 Å². The minimum atomic E-state index is -5.09. The van der Waals surface area contributed by atoms with Crippen molar-refractivity contribution in [1.29, 1.82) is 0 Å². The smallest absolute Gasteiger partial charge is 0.405 e. The van der Waals surface area contributed by atoms with E-state index in [0.717, 1.165) is 18.2 Å². The van der Waals surface area contributed by atoms with Gasteiger partial charge in [0.25, 0.3) is 0 Å². The SMILES string of the molecule is Cc1ccc(-c2cc(C(F)(F)F)nn2-c2cc(F)c(S(C)(=O)=O)c(F)c2)cc1OC(F)(F)F. The molecular formula is C19H12F8N2O3S. The highest BCUT2D eigenvalue weighted by atomic mass is 32.2. The summed E-state index contributed by atoms with van der Waals surface area (Å²) in [6, 6.07) is 4.42. The first-order valence-corrected chi connectivity index (χ1v) is 10.6. The zero-order chi connectivity index (χ0) is 24.9. The van der Waals surface area contributed by atoms with Crippen LogP contribution in [0.25, 0.3) is 16.9 Å². The number of rotatable bonds is 4. The molecular weight excluding hydrogens is 488 g/mol. The number of sulfone groups is 1. The number of hydrogen-bond acceptors (Lipinski definition) is 4. The summed E-state index contributed by atoms with van der Waals surface area (Å²) in [6.07, 6.45) is -9.57. The quantitative estimate of drug-likeness (QED) is 0.448. The summed E-state index contributed by atoms with van der Waals surface area (Å²) in [4.78, 5) is -1.30. The van der Waals surface area contributed by atoms with Crippen molar-refractivity contribution >= 4 is 9.84 Å². The molecule has 5 nitrogen and oxygen atoms in total. The Labute approximate surface area is 181 Å². The molecule has 0 saturated carbocycles. The van der Waals surface area contributed by atoms with Crippen molar-refractivity contribution in [2.24, 2.45) is 0 Å². The third kappa shape index (κ3) is 5.26. The molecule has 33 heavy (non-hydrogen) atoms. The van der Waals surface area contributed by atoms with Crippen LogP contribution in [-0.4, -0.2) is 30.8 Å². The van der Waals surface area contributed by atoms with E-state index >= 15 is 0 Å². The maximum absolute atomic E-state index is 14.3. The van der Waals surface area contributed by atoms with Crippen LogP contribution in [0.3, 0.4) is 0 Å². The van der Waals surface area contributed by atoms with Crippen molar-refractivity contribution in [2.45, 2.75) is 24.4 Å². The molecule has 1 heterocycles. The van der Waals surface area contributed by atoms with Crippen molar-refractivity contribution in [3.8, 4) is 22.7 Å². The lowest BCUT2D eigenvalue weighted by Crippen LogP contribution is -2.17. The van der Waals surface area contributed by atoms with Crippen LogP contribution in [0.4, 0.5) is 35.1 Å². The molecule has 0 aliphatic rings. The molecule has 0 N–H and O–H groups in total. The average molecular weight is 500 g/mol. The average Bonchev–Trinajstić information content (AvgIpc) is 3.06. The molecule has 178 valence electrons. The summed E-state index contributed by atoms with van der Waals surface area (Å²) in [5, 5.41) is 3.27. The molecule has 2 aromatic carbocycles. The van der Waals surface area contributed by atoms with Crippen LogP contribution in [0.2, 0.25) is 0 Å². The Bertz CT molecular complexity index is 1300. The lowest BCUT2D eigenvalue weighted by atomic mass is 10.1. The first kappa shape index (κ1) is 24.5. The van der Waals surface area contributed by atoms with Gasteiger partial charge in [-0.1, -0.05) is 12.1 Å². The van der Waals surface area contributed by atoms with Gasteiger partial charge in [0.1, 0.15) is 22.3 Å². The zero-order valence-electron chi connectivity index (χ0n) is 16.5. The maximum Gasteiger partial charge on any atom is 0.573 e. The standard InChI is InChI=1S/C19H12F8N2O3S/c1-9-3-4-10(5-15(9)32-19(25,26)27)14-8-16(18(22,23)24)28-29(14)11-6-12(20)17(13(21)7-11)33(2,30)31/h3-8H,1-2H3. The van der Waals surface area contributed by atoms with E-state index in [1.807, 2.05) is 0 Å². The molecule has 3 rings (SSSR count). The maximum atomic E-state index is 14.3. The third-order valence-corrected chi connectivity index (χ3v) is 5.44. The summed E-state index contributed by atoms with van der Waals surface area (Å²) in [7, 11) is -4.35. The van der Waals surface area contributed by atoms with E-state index in [-0.39, 0.29) is 11.1 Å². The highest BCUT2D eigenvalue weighted by molar-refractivity contribution is 7.90. The molecule has 0 saturated heterocycles. The number of halogens is 8. The summed E-state index contributed by atoms with van der Waals surface area (Å²) >= 11 is 0. The first-order valence-electron chi connectivity index (χ1n) is 8.71. The fourth-order valence-corrected chi connectivity index (χ4v) is 3.77. The Morgan fingerprint density at radius 3 is 2.00 bits per heavy atom. The molecule has 0 radical (unpaired) electrons. The van der Waals surface area contributed by atoms with Gasteiger partial charge < -0.3 is 4.74 Å². The van der Waals surface area contributed by atoms with Gasteiger partial charge in [-0.25, -0.2) is 21.9 Å². The summed E-state index contributed by atoms with van der Waals surface area (Å²) in [6.45, 7) is 1.26. The first-order chi connectivity index (χ1) is 15.0. The Kier molecular flexibility index (Phi) is 5.94. The molecule has 14 heteroatoms. The van der Waals surface area contributed by atoms with Gasteiger partial charge in [-0.2, -0.15) is 18.3 Å². The highest BCUT2D eigenvalue weighted by Crippen LogP contribution is 2.36. The molecule has 0 spiro atoms. The van der Waals surface area contributed by atoms with Crippen molar-refractivity contribution in [1.82, 2.24) is 9.78 Å². The van der Waals surface area contributed by atoms with E-state index in [0.29, 0.717) is 29.1 Å². The number of hydrogen-bond donors (Lipinski definition) is 0. The van der Waals surface area contributed by atoms with Crippen LogP contribution in [0, 0.1) is 18.6 Å². The predicted molar refractivity (Wildman–Crippen MR) is 98.4 cm³/mol. The number of ether oxygens (including phenoxy) is 1. The number of alkyl halides is 6. The van der Waals surface area contributed by atoms with Gasteiger partial charge in [0, 0.05) is 24.0 Å². The fourth-order valence-electron chi connectivity index (χ4n) is 2.94. The van der Waals surface area contributed by atoms with Crippen LogP contribution in [0.1, 0.15) is 11.3 Å². The van der Waals surface area contributed by atoms with E-state index in [4.69, 9.17) is 0 Å². The van der Waals surface area contributed by atoms with Crippen LogP contribution in [0.15, 0.2) is 41.3 Å². The number of aryl methyl sites for hydroxylation is 1. The minimum absolute atomic E-state index is 0.00720. The number of nitrogens with zero attached hydrogens (tertiary/aromatic N) is 2. The van der Waals surface area contributed by atoms with Crippen molar-refractivity contribution < 1.29 is 48.3 Å². The minimum Gasteiger partial charge on any atom is -0.405 e. The predicted octanol–water partition coefficient (Wildman–Crippen LogP) is 5.45. The van der Waals surface area contributed by atoms with Crippen LogP contribution < -0.4 is 4.74 Å². The summed E-state index contributed by atoms with van der Waals surface area (Å²) < 4.78 is 134. The molecule has 0 aliphatic heterocycles. The molecule has 1 aromatic heterocycles. The van der Waals surface area contributed by atoms with E-state index in [9.17, 15) is 43.5 Å².